The highest BCUT2D eigenvalue weighted by molar-refractivity contribution is 5.79. The van der Waals surface area contributed by atoms with Crippen LogP contribution in [-0.4, -0.2) is 6.17 Å². The van der Waals surface area contributed by atoms with Crippen LogP contribution in [0.1, 0.15) is 23.6 Å². The Labute approximate surface area is 194 Å². The van der Waals surface area contributed by atoms with Crippen molar-refractivity contribution < 1.29 is 22.0 Å². The lowest BCUT2D eigenvalue weighted by atomic mass is 9.83. The summed E-state index contributed by atoms with van der Waals surface area (Å²) < 4.78 is 68.5. The number of benzene rings is 2. The SMILES string of the molecule is CC1C(/C=C(\C#N)c2ccc(C(F)(F)F)cc2)=C(F)C=C(/C=C(\C#N)Cc2ccccc2)C1F. The topological polar surface area (TPSA) is 47.6 Å². The minimum atomic E-state index is -4.53. The minimum Gasteiger partial charge on any atom is -0.242 e. The van der Waals surface area contributed by atoms with Gasteiger partial charge in [-0.15, -0.1) is 0 Å². The monoisotopic (exact) mass is 466 g/mol. The number of halogens is 5. The largest absolute Gasteiger partial charge is 0.416 e. The molecular formula is C27H19F5N2. The fourth-order valence-corrected chi connectivity index (χ4v) is 3.61. The average Bonchev–Trinajstić information content (AvgIpc) is 2.82. The molecule has 2 atom stereocenters. The van der Waals surface area contributed by atoms with Crippen LogP contribution in [0.25, 0.3) is 5.57 Å². The molecule has 0 heterocycles. The van der Waals surface area contributed by atoms with Crippen LogP contribution in [0.2, 0.25) is 0 Å². The Kier molecular flexibility index (Phi) is 7.48. The lowest BCUT2D eigenvalue weighted by molar-refractivity contribution is -0.137. The van der Waals surface area contributed by atoms with E-state index in [9.17, 15) is 28.1 Å². The molecule has 0 N–H and O–H groups in total. The summed E-state index contributed by atoms with van der Waals surface area (Å²) in [5.74, 6) is -1.75. The van der Waals surface area contributed by atoms with Gasteiger partial charge in [0.15, 0.2) is 0 Å². The maximum absolute atomic E-state index is 15.2. The normalized spacial score (nSPS) is 19.4. The third kappa shape index (κ3) is 5.68. The second kappa shape index (κ2) is 10.3. The number of nitriles is 2. The summed E-state index contributed by atoms with van der Waals surface area (Å²) in [6.45, 7) is 1.45. The Morgan fingerprint density at radius 1 is 0.971 bits per heavy atom. The highest BCUT2D eigenvalue weighted by Gasteiger charge is 2.31. The zero-order chi connectivity index (χ0) is 24.9. The van der Waals surface area contributed by atoms with Gasteiger partial charge in [-0.2, -0.15) is 23.7 Å². The molecule has 34 heavy (non-hydrogen) atoms. The van der Waals surface area contributed by atoms with Crippen molar-refractivity contribution in [2.24, 2.45) is 5.92 Å². The van der Waals surface area contributed by atoms with E-state index in [1.54, 1.807) is 0 Å². The van der Waals surface area contributed by atoms with Gasteiger partial charge >= 0.3 is 6.18 Å². The molecule has 172 valence electrons. The summed E-state index contributed by atoms with van der Waals surface area (Å²) in [7, 11) is 0. The van der Waals surface area contributed by atoms with Gasteiger partial charge in [0.1, 0.15) is 12.0 Å². The Morgan fingerprint density at radius 2 is 1.62 bits per heavy atom. The lowest BCUT2D eigenvalue weighted by Crippen LogP contribution is -2.21. The first-order chi connectivity index (χ1) is 16.1. The van der Waals surface area contributed by atoms with Gasteiger partial charge in [-0.1, -0.05) is 49.4 Å². The summed E-state index contributed by atoms with van der Waals surface area (Å²) in [6.07, 6.45) is -2.43. The number of nitrogens with zero attached hydrogens (tertiary/aromatic N) is 2. The van der Waals surface area contributed by atoms with Gasteiger partial charge in [0.05, 0.1) is 23.3 Å². The van der Waals surface area contributed by atoms with Crippen LogP contribution in [-0.2, 0) is 12.6 Å². The highest BCUT2D eigenvalue weighted by Crippen LogP contribution is 2.36. The molecule has 0 saturated heterocycles. The van der Waals surface area contributed by atoms with Crippen LogP contribution in [0.3, 0.4) is 0 Å². The van der Waals surface area contributed by atoms with E-state index in [0.29, 0.717) is 0 Å². The van der Waals surface area contributed by atoms with E-state index in [1.165, 1.54) is 13.0 Å². The quantitative estimate of drug-likeness (QED) is 0.340. The second-order valence-corrected chi connectivity index (χ2v) is 7.83. The molecule has 0 spiro atoms. The van der Waals surface area contributed by atoms with E-state index in [2.05, 4.69) is 0 Å². The van der Waals surface area contributed by atoms with Crippen molar-refractivity contribution >= 4 is 5.57 Å². The van der Waals surface area contributed by atoms with Gasteiger partial charge < -0.3 is 0 Å². The molecule has 0 saturated carbocycles. The van der Waals surface area contributed by atoms with E-state index in [1.807, 2.05) is 42.5 Å². The summed E-state index contributed by atoms with van der Waals surface area (Å²) in [6, 6.07) is 16.8. The van der Waals surface area contributed by atoms with Gasteiger partial charge in [0, 0.05) is 17.9 Å². The van der Waals surface area contributed by atoms with Crippen molar-refractivity contribution in [3.63, 3.8) is 0 Å². The maximum atomic E-state index is 15.2. The van der Waals surface area contributed by atoms with Crippen LogP contribution in [0.5, 0.6) is 0 Å². The van der Waals surface area contributed by atoms with Gasteiger partial charge in [-0.25, -0.2) is 8.78 Å². The molecule has 2 unspecified atom stereocenters. The van der Waals surface area contributed by atoms with Gasteiger partial charge in [0.25, 0.3) is 0 Å². The van der Waals surface area contributed by atoms with Gasteiger partial charge in [-0.05, 0) is 52.6 Å². The molecule has 0 bridgehead atoms. The highest BCUT2D eigenvalue weighted by atomic mass is 19.4. The summed E-state index contributed by atoms with van der Waals surface area (Å²) in [5, 5.41) is 18.9. The van der Waals surface area contributed by atoms with Crippen molar-refractivity contribution in [1.82, 2.24) is 0 Å². The van der Waals surface area contributed by atoms with E-state index in [-0.39, 0.29) is 34.3 Å². The summed E-state index contributed by atoms with van der Waals surface area (Å²) >= 11 is 0. The third-order valence-electron chi connectivity index (χ3n) is 5.48. The molecular weight excluding hydrogens is 447 g/mol. The summed E-state index contributed by atoms with van der Waals surface area (Å²) in [5.41, 5.74) is 0.226. The van der Waals surface area contributed by atoms with Crippen molar-refractivity contribution in [2.75, 3.05) is 0 Å². The van der Waals surface area contributed by atoms with E-state index in [4.69, 9.17) is 0 Å². The van der Waals surface area contributed by atoms with Gasteiger partial charge in [-0.3, -0.25) is 0 Å². The second-order valence-electron chi connectivity index (χ2n) is 7.83. The summed E-state index contributed by atoms with van der Waals surface area (Å²) in [4.78, 5) is 0. The predicted molar refractivity (Wildman–Crippen MR) is 119 cm³/mol. The molecule has 2 aromatic rings. The van der Waals surface area contributed by atoms with Crippen LogP contribution in [0, 0.1) is 28.6 Å². The Morgan fingerprint density at radius 3 is 2.18 bits per heavy atom. The molecule has 0 radical (unpaired) electrons. The predicted octanol–water partition coefficient (Wildman–Crippen LogP) is 7.44. The Balaban J connectivity index is 1.94. The van der Waals surface area contributed by atoms with E-state index in [0.717, 1.165) is 42.0 Å². The van der Waals surface area contributed by atoms with Crippen LogP contribution >= 0.6 is 0 Å². The molecule has 7 heteroatoms. The number of hydrogen-bond donors (Lipinski definition) is 0. The molecule has 0 aromatic heterocycles. The molecule has 0 aliphatic heterocycles. The van der Waals surface area contributed by atoms with Crippen molar-refractivity contribution in [3.05, 3.63) is 112 Å². The number of alkyl halides is 4. The number of hydrogen-bond acceptors (Lipinski definition) is 2. The maximum Gasteiger partial charge on any atom is 0.416 e. The van der Waals surface area contributed by atoms with Crippen molar-refractivity contribution in [3.8, 4) is 12.1 Å². The van der Waals surface area contributed by atoms with Crippen LogP contribution in [0.15, 0.2) is 95.4 Å². The first-order valence-corrected chi connectivity index (χ1v) is 10.3. The molecule has 1 aliphatic rings. The van der Waals surface area contributed by atoms with Crippen molar-refractivity contribution in [1.29, 1.82) is 10.5 Å². The van der Waals surface area contributed by atoms with Crippen LogP contribution in [0.4, 0.5) is 22.0 Å². The molecule has 1 aliphatic carbocycles. The van der Waals surface area contributed by atoms with E-state index < -0.39 is 29.7 Å². The van der Waals surface area contributed by atoms with Crippen molar-refractivity contribution in [2.45, 2.75) is 25.7 Å². The van der Waals surface area contributed by atoms with Gasteiger partial charge in [0.2, 0.25) is 0 Å². The molecule has 0 amide bonds. The zero-order valence-electron chi connectivity index (χ0n) is 18.1. The smallest absolute Gasteiger partial charge is 0.242 e. The first-order valence-electron chi connectivity index (χ1n) is 10.3. The standard InChI is InChI=1S/C27H19F5N2/c1-17-24(13-22(16-34)20-7-9-23(10-8-20)27(30,31)32)25(28)14-21(26(17)29)12-19(15-33)11-18-5-3-2-4-6-18/h2-10,12-14,17,26H,11H2,1H3/b19-12-,22-13+. The zero-order valence-corrected chi connectivity index (χ0v) is 18.1. The molecule has 2 nitrogen and oxygen atoms in total. The lowest BCUT2D eigenvalue weighted by Gasteiger charge is -2.24. The Hall–Kier alpha value is -3.97. The molecule has 0 fully saturated rings. The first kappa shape index (κ1) is 24.7. The molecule has 3 rings (SSSR count). The minimum absolute atomic E-state index is 0.00247. The average molecular weight is 466 g/mol. The molecule has 2 aromatic carbocycles. The fraction of sp³-hybridized carbons (Fsp3) is 0.185. The number of rotatable bonds is 5. The Bertz CT molecular complexity index is 1250. The van der Waals surface area contributed by atoms with Crippen LogP contribution < -0.4 is 0 Å². The van der Waals surface area contributed by atoms with E-state index >= 15 is 4.39 Å². The number of allylic oxidation sites excluding steroid dienone is 8. The fourth-order valence-electron chi connectivity index (χ4n) is 3.61. The third-order valence-corrected chi connectivity index (χ3v) is 5.48.